The molecular formula is C19H25ClN4O2S. The smallest absolute Gasteiger partial charge is 0.211 e. The highest BCUT2D eigenvalue weighted by atomic mass is 35.5. The van der Waals surface area contributed by atoms with Crippen molar-refractivity contribution in [1.82, 2.24) is 14.9 Å². The molecule has 3 rings (SSSR count). The molecule has 1 heterocycles. The molecule has 1 aliphatic rings. The zero-order valence-corrected chi connectivity index (χ0v) is 16.9. The van der Waals surface area contributed by atoms with Crippen LogP contribution in [0, 0.1) is 5.92 Å². The minimum atomic E-state index is -3.11. The summed E-state index contributed by atoms with van der Waals surface area (Å²) in [4.78, 5) is 0. The molecule has 0 saturated heterocycles. The van der Waals surface area contributed by atoms with Crippen LogP contribution < -0.4 is 10.0 Å². The summed E-state index contributed by atoms with van der Waals surface area (Å²) in [6, 6.07) is 11.5. The van der Waals surface area contributed by atoms with Gasteiger partial charge in [0.15, 0.2) is 0 Å². The first-order valence-corrected chi connectivity index (χ1v) is 11.3. The summed E-state index contributed by atoms with van der Waals surface area (Å²) in [5.41, 5.74) is 1.72. The second-order valence-electron chi connectivity index (χ2n) is 6.93. The van der Waals surface area contributed by atoms with Crippen LogP contribution in [0.25, 0.3) is 11.3 Å². The van der Waals surface area contributed by atoms with Crippen LogP contribution in [0.2, 0.25) is 5.02 Å². The first kappa shape index (κ1) is 20.0. The summed E-state index contributed by atoms with van der Waals surface area (Å²) < 4.78 is 26.1. The van der Waals surface area contributed by atoms with E-state index in [2.05, 4.69) is 20.2 Å². The number of sulfonamides is 1. The molecule has 0 spiro atoms. The second-order valence-corrected chi connectivity index (χ2v) is 9.41. The average molecular weight is 409 g/mol. The van der Waals surface area contributed by atoms with Crippen LogP contribution in [0.15, 0.2) is 36.4 Å². The van der Waals surface area contributed by atoms with E-state index < -0.39 is 10.0 Å². The highest BCUT2D eigenvalue weighted by Gasteiger charge is 2.24. The Hall–Kier alpha value is -1.70. The maximum atomic E-state index is 11.7. The molecule has 0 bridgehead atoms. The van der Waals surface area contributed by atoms with Gasteiger partial charge in [0.2, 0.25) is 10.0 Å². The van der Waals surface area contributed by atoms with E-state index >= 15 is 0 Å². The molecule has 8 heteroatoms. The number of hydrogen-bond acceptors (Lipinski definition) is 5. The molecule has 0 amide bonds. The predicted octanol–water partition coefficient (Wildman–Crippen LogP) is 3.71. The fraction of sp³-hybridized carbons (Fsp3) is 0.474. The van der Waals surface area contributed by atoms with Gasteiger partial charge in [0.05, 0.1) is 11.4 Å². The van der Waals surface area contributed by atoms with Crippen molar-refractivity contribution in [1.29, 1.82) is 0 Å². The maximum absolute atomic E-state index is 11.7. The molecule has 0 unspecified atom stereocenters. The van der Waals surface area contributed by atoms with Gasteiger partial charge in [0.1, 0.15) is 5.82 Å². The van der Waals surface area contributed by atoms with Gasteiger partial charge in [-0.2, -0.15) is 0 Å². The molecule has 0 atom stereocenters. The minimum absolute atomic E-state index is 0.0722. The van der Waals surface area contributed by atoms with Crippen LogP contribution in [0.1, 0.15) is 32.6 Å². The van der Waals surface area contributed by atoms with Gasteiger partial charge in [-0.05, 0) is 62.8 Å². The second kappa shape index (κ2) is 8.99. The Morgan fingerprint density at radius 1 is 1.11 bits per heavy atom. The summed E-state index contributed by atoms with van der Waals surface area (Å²) in [7, 11) is -3.11. The molecule has 1 aromatic heterocycles. The Morgan fingerprint density at radius 2 is 1.89 bits per heavy atom. The lowest BCUT2D eigenvalue weighted by Gasteiger charge is -2.29. The van der Waals surface area contributed by atoms with Crippen molar-refractivity contribution < 1.29 is 8.42 Å². The van der Waals surface area contributed by atoms with E-state index in [1.54, 1.807) is 6.92 Å². The third-order valence-electron chi connectivity index (χ3n) is 4.93. The van der Waals surface area contributed by atoms with Crippen LogP contribution in [0.5, 0.6) is 0 Å². The van der Waals surface area contributed by atoms with E-state index in [9.17, 15) is 8.42 Å². The van der Waals surface area contributed by atoms with E-state index in [1.165, 1.54) is 0 Å². The Morgan fingerprint density at radius 3 is 2.52 bits per heavy atom. The lowest BCUT2D eigenvalue weighted by Crippen LogP contribution is -2.39. The van der Waals surface area contributed by atoms with Gasteiger partial charge in [-0.1, -0.05) is 23.7 Å². The van der Waals surface area contributed by atoms with Gasteiger partial charge >= 0.3 is 0 Å². The van der Waals surface area contributed by atoms with Crippen LogP contribution >= 0.6 is 11.6 Å². The first-order valence-electron chi connectivity index (χ1n) is 9.28. The van der Waals surface area contributed by atoms with Crippen molar-refractivity contribution in [3.63, 3.8) is 0 Å². The summed E-state index contributed by atoms with van der Waals surface area (Å²) in [6.45, 7) is 2.48. The number of nitrogens with one attached hydrogen (secondary N) is 2. The van der Waals surface area contributed by atoms with Gasteiger partial charge < -0.3 is 5.32 Å². The molecule has 146 valence electrons. The van der Waals surface area contributed by atoms with Gasteiger partial charge in [0, 0.05) is 23.2 Å². The van der Waals surface area contributed by atoms with Crippen molar-refractivity contribution in [2.24, 2.45) is 5.92 Å². The SMILES string of the molecule is CCS(=O)(=O)NC1CCC(CNc2ccc(-c3cccc(Cl)c3)nn2)CC1. The molecule has 2 N–H and O–H groups in total. The summed E-state index contributed by atoms with van der Waals surface area (Å²) >= 11 is 6.02. The van der Waals surface area contributed by atoms with Crippen LogP contribution in [0.4, 0.5) is 5.82 Å². The molecule has 2 aromatic rings. The number of nitrogens with zero attached hydrogens (tertiary/aromatic N) is 2. The van der Waals surface area contributed by atoms with Gasteiger partial charge in [0.25, 0.3) is 0 Å². The molecular weight excluding hydrogens is 384 g/mol. The Kier molecular flexibility index (Phi) is 6.68. The lowest BCUT2D eigenvalue weighted by molar-refractivity contribution is 0.324. The van der Waals surface area contributed by atoms with E-state index in [0.29, 0.717) is 10.9 Å². The topological polar surface area (TPSA) is 84.0 Å². The largest absolute Gasteiger partial charge is 0.368 e. The van der Waals surface area contributed by atoms with Crippen LogP contribution in [-0.4, -0.2) is 37.0 Å². The summed E-state index contributed by atoms with van der Waals surface area (Å²) in [5, 5.41) is 12.5. The van der Waals surface area contributed by atoms with Crippen molar-refractivity contribution in [2.45, 2.75) is 38.6 Å². The maximum Gasteiger partial charge on any atom is 0.211 e. The molecule has 1 aromatic carbocycles. The quantitative estimate of drug-likeness (QED) is 0.729. The van der Waals surface area contributed by atoms with Gasteiger partial charge in [-0.15, -0.1) is 10.2 Å². The molecule has 6 nitrogen and oxygen atoms in total. The van der Waals surface area contributed by atoms with Crippen molar-refractivity contribution >= 4 is 27.4 Å². The number of benzene rings is 1. The third kappa shape index (κ3) is 5.89. The standard InChI is InChI=1S/C19H25ClN4O2S/c1-2-27(25,26)24-17-8-6-14(7-9-17)13-21-19-11-10-18(22-23-19)15-4-3-5-16(20)12-15/h3-5,10-12,14,17,24H,2,6-9,13H2,1H3,(H,21,23). The summed E-state index contributed by atoms with van der Waals surface area (Å²) in [6.07, 6.45) is 3.76. The normalized spacial score (nSPS) is 20.4. The monoisotopic (exact) mass is 408 g/mol. The Labute approximate surface area is 165 Å². The zero-order valence-electron chi connectivity index (χ0n) is 15.4. The minimum Gasteiger partial charge on any atom is -0.368 e. The van der Waals surface area contributed by atoms with Gasteiger partial charge in [-0.3, -0.25) is 0 Å². The number of anilines is 1. The Bertz CT molecular complexity index is 850. The van der Waals surface area contributed by atoms with E-state index in [0.717, 1.165) is 49.3 Å². The average Bonchev–Trinajstić information content (AvgIpc) is 2.68. The Balaban J connectivity index is 1.47. The van der Waals surface area contributed by atoms with E-state index in [-0.39, 0.29) is 11.8 Å². The van der Waals surface area contributed by atoms with Crippen LogP contribution in [-0.2, 0) is 10.0 Å². The number of hydrogen-bond donors (Lipinski definition) is 2. The third-order valence-corrected chi connectivity index (χ3v) is 6.62. The number of rotatable bonds is 7. The number of aromatic nitrogens is 2. The lowest BCUT2D eigenvalue weighted by atomic mass is 9.86. The predicted molar refractivity (Wildman–Crippen MR) is 109 cm³/mol. The molecule has 27 heavy (non-hydrogen) atoms. The molecule has 0 aliphatic heterocycles. The van der Waals surface area contributed by atoms with Crippen molar-refractivity contribution in [2.75, 3.05) is 17.6 Å². The van der Waals surface area contributed by atoms with E-state index in [4.69, 9.17) is 11.6 Å². The molecule has 0 radical (unpaired) electrons. The number of halogens is 1. The van der Waals surface area contributed by atoms with Crippen molar-refractivity contribution in [3.05, 3.63) is 41.4 Å². The van der Waals surface area contributed by atoms with E-state index in [1.807, 2.05) is 36.4 Å². The zero-order chi connectivity index (χ0) is 19.3. The molecule has 1 aliphatic carbocycles. The summed E-state index contributed by atoms with van der Waals surface area (Å²) in [5.74, 6) is 1.40. The molecule has 1 saturated carbocycles. The first-order chi connectivity index (χ1) is 12.9. The van der Waals surface area contributed by atoms with Gasteiger partial charge in [-0.25, -0.2) is 13.1 Å². The fourth-order valence-corrected chi connectivity index (χ4v) is 4.40. The highest BCUT2D eigenvalue weighted by Crippen LogP contribution is 2.25. The molecule has 1 fully saturated rings. The van der Waals surface area contributed by atoms with Crippen molar-refractivity contribution in [3.8, 4) is 11.3 Å². The van der Waals surface area contributed by atoms with Crippen LogP contribution in [0.3, 0.4) is 0 Å². The highest BCUT2D eigenvalue weighted by molar-refractivity contribution is 7.89. The fourth-order valence-electron chi connectivity index (χ4n) is 3.30.